The zero-order valence-electron chi connectivity index (χ0n) is 11.9. The molecule has 2 heteroatoms. The summed E-state index contributed by atoms with van der Waals surface area (Å²) in [4.78, 5) is 4.43. The summed E-state index contributed by atoms with van der Waals surface area (Å²) in [7, 11) is 0. The van der Waals surface area contributed by atoms with Crippen LogP contribution in [0.5, 0.6) is 0 Å². The summed E-state index contributed by atoms with van der Waals surface area (Å²) in [6.45, 7) is 0.904. The van der Waals surface area contributed by atoms with Crippen LogP contribution in [-0.4, -0.2) is 11.0 Å². The van der Waals surface area contributed by atoms with Crippen molar-refractivity contribution < 1.29 is 0 Å². The zero-order chi connectivity index (χ0) is 14.1. The Kier molecular flexibility index (Phi) is 3.17. The van der Waals surface area contributed by atoms with E-state index in [0.717, 1.165) is 24.9 Å². The van der Waals surface area contributed by atoms with Crippen molar-refractivity contribution in [2.75, 3.05) is 0 Å². The van der Waals surface area contributed by atoms with Gasteiger partial charge in [-0.25, -0.2) is 0 Å². The molecule has 1 heterocycles. The summed E-state index contributed by atoms with van der Waals surface area (Å²) < 4.78 is 0. The van der Waals surface area contributed by atoms with Gasteiger partial charge in [0.1, 0.15) is 0 Å². The van der Waals surface area contributed by atoms with Crippen molar-refractivity contribution in [1.82, 2.24) is 10.3 Å². The Hall–Kier alpha value is -2.19. The van der Waals surface area contributed by atoms with Crippen LogP contribution in [0.25, 0.3) is 10.9 Å². The first-order chi connectivity index (χ1) is 10.4. The molecule has 0 unspecified atom stereocenters. The molecule has 4 rings (SSSR count). The Balaban J connectivity index is 1.50. The first kappa shape index (κ1) is 12.5. The molecule has 0 radical (unpaired) electrons. The first-order valence-electron chi connectivity index (χ1n) is 7.53. The van der Waals surface area contributed by atoms with Gasteiger partial charge in [-0.15, -0.1) is 0 Å². The fraction of sp³-hybridized carbons (Fsp3) is 0.211. The highest BCUT2D eigenvalue weighted by molar-refractivity contribution is 5.81. The van der Waals surface area contributed by atoms with Gasteiger partial charge in [-0.05, 0) is 41.7 Å². The molecular formula is C19H18N2. The first-order valence-corrected chi connectivity index (χ1v) is 7.53. The molecule has 0 saturated heterocycles. The summed E-state index contributed by atoms with van der Waals surface area (Å²) >= 11 is 0. The minimum Gasteiger partial charge on any atom is -0.309 e. The normalized spacial score (nSPS) is 14.5. The van der Waals surface area contributed by atoms with E-state index >= 15 is 0 Å². The highest BCUT2D eigenvalue weighted by Gasteiger charge is 2.20. The maximum atomic E-state index is 4.43. The van der Waals surface area contributed by atoms with Crippen molar-refractivity contribution >= 4 is 10.9 Å². The highest BCUT2D eigenvalue weighted by Crippen LogP contribution is 2.22. The third-order valence-corrected chi connectivity index (χ3v) is 4.37. The average Bonchev–Trinajstić information content (AvgIpc) is 2.96. The number of rotatable bonds is 3. The molecule has 1 aromatic heterocycles. The third kappa shape index (κ3) is 2.43. The van der Waals surface area contributed by atoms with E-state index in [4.69, 9.17) is 0 Å². The monoisotopic (exact) mass is 274 g/mol. The van der Waals surface area contributed by atoms with E-state index in [1.807, 2.05) is 12.3 Å². The highest BCUT2D eigenvalue weighted by atomic mass is 14.9. The van der Waals surface area contributed by atoms with Crippen LogP contribution in [0.3, 0.4) is 0 Å². The third-order valence-electron chi connectivity index (χ3n) is 4.37. The van der Waals surface area contributed by atoms with Gasteiger partial charge in [0.25, 0.3) is 0 Å². The quantitative estimate of drug-likeness (QED) is 0.791. The van der Waals surface area contributed by atoms with Crippen LogP contribution in [0.4, 0.5) is 0 Å². The van der Waals surface area contributed by atoms with Crippen LogP contribution in [0.15, 0.2) is 60.8 Å². The molecule has 0 amide bonds. The Morgan fingerprint density at radius 3 is 2.43 bits per heavy atom. The second kappa shape index (κ2) is 5.30. The van der Waals surface area contributed by atoms with Crippen molar-refractivity contribution in [2.24, 2.45) is 0 Å². The molecule has 21 heavy (non-hydrogen) atoms. The van der Waals surface area contributed by atoms with Gasteiger partial charge in [-0.1, -0.05) is 42.5 Å². The Morgan fingerprint density at radius 1 is 0.905 bits per heavy atom. The van der Waals surface area contributed by atoms with Crippen LogP contribution < -0.4 is 5.32 Å². The van der Waals surface area contributed by atoms with E-state index in [1.54, 1.807) is 0 Å². The second-order valence-corrected chi connectivity index (χ2v) is 5.74. The fourth-order valence-electron chi connectivity index (χ4n) is 3.27. The molecule has 2 aromatic carbocycles. The van der Waals surface area contributed by atoms with E-state index in [-0.39, 0.29) is 0 Å². The average molecular weight is 274 g/mol. The van der Waals surface area contributed by atoms with Crippen molar-refractivity contribution in [1.29, 1.82) is 0 Å². The molecule has 0 atom stereocenters. The van der Waals surface area contributed by atoms with Gasteiger partial charge >= 0.3 is 0 Å². The number of benzene rings is 2. The number of aromatic nitrogens is 1. The van der Waals surface area contributed by atoms with Crippen LogP contribution in [-0.2, 0) is 19.4 Å². The molecule has 2 nitrogen and oxygen atoms in total. The van der Waals surface area contributed by atoms with Crippen LogP contribution in [0, 0.1) is 0 Å². The van der Waals surface area contributed by atoms with Gasteiger partial charge in [-0.3, -0.25) is 4.98 Å². The topological polar surface area (TPSA) is 24.9 Å². The van der Waals surface area contributed by atoms with Crippen LogP contribution in [0.1, 0.15) is 16.7 Å². The molecule has 0 fully saturated rings. The molecule has 1 aliphatic rings. The number of hydrogen-bond donors (Lipinski definition) is 1. The SMILES string of the molecule is c1ccc2c(c1)CC(NCc1ccnc3ccccc13)C2. The Labute approximate surface area is 124 Å². The van der Waals surface area contributed by atoms with Crippen molar-refractivity contribution in [3.8, 4) is 0 Å². The summed E-state index contributed by atoms with van der Waals surface area (Å²) in [5.41, 5.74) is 5.40. The molecule has 0 bridgehead atoms. The maximum Gasteiger partial charge on any atom is 0.0705 e. The van der Waals surface area contributed by atoms with Gasteiger partial charge in [0.2, 0.25) is 0 Å². The molecule has 0 saturated carbocycles. The van der Waals surface area contributed by atoms with Crippen molar-refractivity contribution in [3.05, 3.63) is 77.5 Å². The number of fused-ring (bicyclic) bond motifs is 2. The van der Waals surface area contributed by atoms with Gasteiger partial charge in [0.15, 0.2) is 0 Å². The van der Waals surface area contributed by atoms with Crippen molar-refractivity contribution in [3.63, 3.8) is 0 Å². The number of para-hydroxylation sites is 1. The molecule has 1 aliphatic carbocycles. The summed E-state index contributed by atoms with van der Waals surface area (Å²) in [6, 6.07) is 19.8. The van der Waals surface area contributed by atoms with Crippen molar-refractivity contribution in [2.45, 2.75) is 25.4 Å². The largest absolute Gasteiger partial charge is 0.309 e. The lowest BCUT2D eigenvalue weighted by Gasteiger charge is -2.13. The molecule has 104 valence electrons. The molecule has 0 spiro atoms. The summed E-state index contributed by atoms with van der Waals surface area (Å²) in [5, 5.41) is 4.96. The van der Waals surface area contributed by atoms with E-state index in [0.29, 0.717) is 6.04 Å². The van der Waals surface area contributed by atoms with E-state index in [1.165, 1.54) is 22.1 Å². The molecule has 3 aromatic rings. The van der Waals surface area contributed by atoms with Gasteiger partial charge in [-0.2, -0.15) is 0 Å². The number of nitrogens with zero attached hydrogens (tertiary/aromatic N) is 1. The number of nitrogens with one attached hydrogen (secondary N) is 1. The summed E-state index contributed by atoms with van der Waals surface area (Å²) in [6.07, 6.45) is 4.18. The lowest BCUT2D eigenvalue weighted by Crippen LogP contribution is -2.29. The molecular weight excluding hydrogens is 256 g/mol. The van der Waals surface area contributed by atoms with Gasteiger partial charge < -0.3 is 5.32 Å². The minimum absolute atomic E-state index is 0.550. The smallest absolute Gasteiger partial charge is 0.0705 e. The predicted molar refractivity (Wildman–Crippen MR) is 86.2 cm³/mol. The Morgan fingerprint density at radius 2 is 1.62 bits per heavy atom. The van der Waals surface area contributed by atoms with Crippen LogP contribution in [0.2, 0.25) is 0 Å². The Bertz CT molecular complexity index is 749. The second-order valence-electron chi connectivity index (χ2n) is 5.74. The van der Waals surface area contributed by atoms with E-state index < -0.39 is 0 Å². The lowest BCUT2D eigenvalue weighted by atomic mass is 10.1. The number of hydrogen-bond acceptors (Lipinski definition) is 2. The standard InChI is InChI=1S/C19H18N2/c1-2-6-15-12-17(11-14(15)5-1)21-13-16-9-10-20-19-8-4-3-7-18(16)19/h1-10,17,21H,11-13H2. The zero-order valence-corrected chi connectivity index (χ0v) is 11.9. The molecule has 1 N–H and O–H groups in total. The van der Waals surface area contributed by atoms with Crippen LogP contribution >= 0.6 is 0 Å². The minimum atomic E-state index is 0.550. The predicted octanol–water partition coefficient (Wildman–Crippen LogP) is 3.49. The van der Waals surface area contributed by atoms with Gasteiger partial charge in [0.05, 0.1) is 5.52 Å². The van der Waals surface area contributed by atoms with E-state index in [2.05, 4.69) is 58.8 Å². The molecule has 0 aliphatic heterocycles. The van der Waals surface area contributed by atoms with Gasteiger partial charge in [0, 0.05) is 24.2 Å². The van der Waals surface area contributed by atoms with E-state index in [9.17, 15) is 0 Å². The summed E-state index contributed by atoms with van der Waals surface area (Å²) in [5.74, 6) is 0. The maximum absolute atomic E-state index is 4.43. The number of pyridine rings is 1. The fourth-order valence-corrected chi connectivity index (χ4v) is 3.27. The lowest BCUT2D eigenvalue weighted by molar-refractivity contribution is 0.534.